The normalized spacial score (nSPS) is 14.8. The van der Waals surface area contributed by atoms with E-state index in [-0.39, 0.29) is 18.6 Å². The monoisotopic (exact) mass is 241 g/mol. The highest BCUT2D eigenvalue weighted by Gasteiger charge is 2.27. The van der Waals surface area contributed by atoms with Crippen LogP contribution >= 0.6 is 0 Å². The topological polar surface area (TPSA) is 21.3 Å². The molecular formula is C11H22F3NO. The van der Waals surface area contributed by atoms with Crippen LogP contribution in [0.4, 0.5) is 13.2 Å². The molecule has 5 heteroatoms. The lowest BCUT2D eigenvalue weighted by molar-refractivity contribution is -0.150. The molecule has 0 amide bonds. The highest BCUT2D eigenvalue weighted by atomic mass is 19.4. The maximum atomic E-state index is 11.9. The van der Waals surface area contributed by atoms with E-state index in [4.69, 9.17) is 4.74 Å². The van der Waals surface area contributed by atoms with E-state index in [9.17, 15) is 13.2 Å². The molecule has 16 heavy (non-hydrogen) atoms. The van der Waals surface area contributed by atoms with Crippen LogP contribution in [0, 0.1) is 5.92 Å². The van der Waals surface area contributed by atoms with Crippen molar-refractivity contribution in [3.05, 3.63) is 0 Å². The Morgan fingerprint density at radius 3 is 2.06 bits per heavy atom. The van der Waals surface area contributed by atoms with E-state index < -0.39 is 12.6 Å². The van der Waals surface area contributed by atoms with Crippen LogP contribution in [-0.4, -0.2) is 31.5 Å². The van der Waals surface area contributed by atoms with Crippen LogP contribution in [-0.2, 0) is 4.74 Å². The minimum atomic E-state index is -4.13. The van der Waals surface area contributed by atoms with Crippen LogP contribution in [0.25, 0.3) is 0 Å². The number of ether oxygens (including phenoxy) is 1. The minimum absolute atomic E-state index is 0.162. The van der Waals surface area contributed by atoms with Gasteiger partial charge in [0.05, 0.1) is 19.1 Å². The molecular weight excluding hydrogens is 219 g/mol. The molecule has 0 aromatic carbocycles. The van der Waals surface area contributed by atoms with Crippen molar-refractivity contribution in [1.29, 1.82) is 0 Å². The fourth-order valence-corrected chi connectivity index (χ4v) is 1.16. The van der Waals surface area contributed by atoms with Crippen LogP contribution < -0.4 is 5.32 Å². The highest BCUT2D eigenvalue weighted by molar-refractivity contribution is 4.68. The van der Waals surface area contributed by atoms with E-state index in [1.807, 2.05) is 27.7 Å². The van der Waals surface area contributed by atoms with Gasteiger partial charge in [0, 0.05) is 12.6 Å². The van der Waals surface area contributed by atoms with E-state index in [0.717, 1.165) is 0 Å². The second-order valence-electron chi connectivity index (χ2n) is 4.58. The third kappa shape index (κ3) is 8.97. The smallest absolute Gasteiger partial charge is 0.376 e. The molecule has 0 bridgehead atoms. The maximum Gasteiger partial charge on any atom is 0.391 e. The second-order valence-corrected chi connectivity index (χ2v) is 4.58. The molecule has 0 heterocycles. The van der Waals surface area contributed by atoms with Gasteiger partial charge in [-0.15, -0.1) is 0 Å². The summed E-state index contributed by atoms with van der Waals surface area (Å²) in [5.41, 5.74) is 0. The zero-order chi connectivity index (χ0) is 12.8. The van der Waals surface area contributed by atoms with Crippen LogP contribution in [0.3, 0.4) is 0 Å². The van der Waals surface area contributed by atoms with E-state index in [2.05, 4.69) is 5.32 Å². The Bertz CT molecular complexity index is 181. The van der Waals surface area contributed by atoms with E-state index in [1.165, 1.54) is 0 Å². The van der Waals surface area contributed by atoms with Crippen molar-refractivity contribution in [2.75, 3.05) is 13.2 Å². The summed E-state index contributed by atoms with van der Waals surface area (Å²) in [5.74, 6) is 0.208. The summed E-state index contributed by atoms with van der Waals surface area (Å²) >= 11 is 0. The second kappa shape index (κ2) is 7.12. The van der Waals surface area contributed by atoms with Gasteiger partial charge in [-0.05, 0) is 5.92 Å². The lowest BCUT2D eigenvalue weighted by Gasteiger charge is -2.23. The molecule has 0 aliphatic heterocycles. The molecule has 0 aromatic heterocycles. The van der Waals surface area contributed by atoms with Crippen molar-refractivity contribution in [2.45, 2.75) is 52.4 Å². The highest BCUT2D eigenvalue weighted by Crippen LogP contribution is 2.20. The predicted molar refractivity (Wildman–Crippen MR) is 58.4 cm³/mol. The summed E-state index contributed by atoms with van der Waals surface area (Å²) < 4.78 is 41.0. The first-order valence-electron chi connectivity index (χ1n) is 5.64. The molecule has 0 aliphatic carbocycles. The van der Waals surface area contributed by atoms with Crippen LogP contribution in [0.1, 0.15) is 34.1 Å². The van der Waals surface area contributed by atoms with Crippen molar-refractivity contribution in [2.24, 2.45) is 5.92 Å². The van der Waals surface area contributed by atoms with Gasteiger partial charge in [-0.3, -0.25) is 0 Å². The summed E-state index contributed by atoms with van der Waals surface area (Å²) in [6.07, 6.45) is -5.17. The summed E-state index contributed by atoms with van der Waals surface area (Å²) in [6, 6.07) is 0.312. The number of halogens is 3. The molecule has 2 nitrogen and oxygen atoms in total. The zero-order valence-corrected chi connectivity index (χ0v) is 10.4. The molecule has 0 aliphatic rings. The maximum absolute atomic E-state index is 11.9. The van der Waals surface area contributed by atoms with Crippen LogP contribution in [0.2, 0.25) is 0 Å². The van der Waals surface area contributed by atoms with Gasteiger partial charge in [0.2, 0.25) is 0 Å². The molecule has 0 radical (unpaired) electrons. The van der Waals surface area contributed by atoms with Gasteiger partial charge in [-0.1, -0.05) is 27.7 Å². The standard InChI is InChI=1S/C11H22F3NO/c1-8(2)10(7-15-9(3)4)16-6-5-11(12,13)14/h8-10,15H,5-7H2,1-4H3. The molecule has 1 unspecified atom stereocenters. The molecule has 0 fully saturated rings. The quantitative estimate of drug-likeness (QED) is 0.740. The number of hydrogen-bond donors (Lipinski definition) is 1. The Hall–Kier alpha value is -0.290. The van der Waals surface area contributed by atoms with Gasteiger partial charge in [0.1, 0.15) is 0 Å². The summed E-state index contributed by atoms with van der Waals surface area (Å²) in [5, 5.41) is 3.17. The first kappa shape index (κ1) is 15.7. The van der Waals surface area contributed by atoms with Crippen molar-refractivity contribution >= 4 is 0 Å². The SMILES string of the molecule is CC(C)NCC(OCCC(F)(F)F)C(C)C. The third-order valence-electron chi connectivity index (χ3n) is 2.19. The average Bonchev–Trinajstić information content (AvgIpc) is 2.07. The van der Waals surface area contributed by atoms with Gasteiger partial charge in [0.15, 0.2) is 0 Å². The number of hydrogen-bond acceptors (Lipinski definition) is 2. The molecule has 0 spiro atoms. The third-order valence-corrected chi connectivity index (χ3v) is 2.19. The number of rotatable bonds is 7. The molecule has 1 N–H and O–H groups in total. The van der Waals surface area contributed by atoms with Crippen molar-refractivity contribution in [1.82, 2.24) is 5.32 Å². The first-order valence-corrected chi connectivity index (χ1v) is 5.64. The van der Waals surface area contributed by atoms with Gasteiger partial charge in [-0.2, -0.15) is 13.2 Å². The minimum Gasteiger partial charge on any atom is -0.376 e. The molecule has 0 saturated carbocycles. The average molecular weight is 241 g/mol. The van der Waals surface area contributed by atoms with Crippen LogP contribution in [0.5, 0.6) is 0 Å². The Labute approximate surface area is 95.5 Å². The molecule has 0 rings (SSSR count). The summed E-state index contributed by atoms with van der Waals surface area (Å²) in [6.45, 7) is 8.21. The van der Waals surface area contributed by atoms with Gasteiger partial charge >= 0.3 is 6.18 Å². The van der Waals surface area contributed by atoms with Crippen molar-refractivity contribution in [3.63, 3.8) is 0 Å². The van der Waals surface area contributed by atoms with Crippen LogP contribution in [0.15, 0.2) is 0 Å². The van der Waals surface area contributed by atoms with E-state index in [0.29, 0.717) is 12.6 Å². The molecule has 0 saturated heterocycles. The Morgan fingerprint density at radius 2 is 1.69 bits per heavy atom. The van der Waals surface area contributed by atoms with Gasteiger partial charge < -0.3 is 10.1 Å². The largest absolute Gasteiger partial charge is 0.391 e. The summed E-state index contributed by atoms with van der Waals surface area (Å²) in [4.78, 5) is 0. The lowest BCUT2D eigenvalue weighted by atomic mass is 10.1. The predicted octanol–water partition coefficient (Wildman–Crippen LogP) is 2.98. The molecule has 98 valence electrons. The number of nitrogens with one attached hydrogen (secondary N) is 1. The first-order chi connectivity index (χ1) is 7.22. The van der Waals surface area contributed by atoms with Crippen molar-refractivity contribution < 1.29 is 17.9 Å². The Balaban J connectivity index is 3.86. The lowest BCUT2D eigenvalue weighted by Crippen LogP contribution is -2.37. The fraction of sp³-hybridized carbons (Fsp3) is 1.00. The zero-order valence-electron chi connectivity index (χ0n) is 10.4. The fourth-order valence-electron chi connectivity index (χ4n) is 1.16. The molecule has 0 aromatic rings. The van der Waals surface area contributed by atoms with Gasteiger partial charge in [0.25, 0.3) is 0 Å². The van der Waals surface area contributed by atoms with Crippen molar-refractivity contribution in [3.8, 4) is 0 Å². The van der Waals surface area contributed by atoms with E-state index >= 15 is 0 Å². The van der Waals surface area contributed by atoms with Gasteiger partial charge in [-0.25, -0.2) is 0 Å². The summed E-state index contributed by atoms with van der Waals surface area (Å²) in [7, 11) is 0. The van der Waals surface area contributed by atoms with E-state index in [1.54, 1.807) is 0 Å². The Morgan fingerprint density at radius 1 is 1.12 bits per heavy atom. The Kier molecular flexibility index (Phi) is 6.99. The molecule has 1 atom stereocenters. The number of alkyl halides is 3.